The fourth-order valence-electron chi connectivity index (χ4n) is 1.24. The van der Waals surface area contributed by atoms with Gasteiger partial charge in [-0.05, 0) is 25.0 Å². The summed E-state index contributed by atoms with van der Waals surface area (Å²) in [5, 5.41) is 8.72. The van der Waals surface area contributed by atoms with Crippen molar-refractivity contribution in [2.75, 3.05) is 6.61 Å². The first kappa shape index (κ1) is 12.6. The van der Waals surface area contributed by atoms with E-state index in [9.17, 15) is 9.18 Å². The maximum Gasteiger partial charge on any atom is 0.306 e. The molecule has 0 saturated carbocycles. The van der Waals surface area contributed by atoms with Crippen molar-refractivity contribution in [2.45, 2.75) is 26.4 Å². The van der Waals surface area contributed by atoms with Gasteiger partial charge in [-0.25, -0.2) is 4.39 Å². The third kappa shape index (κ3) is 3.58. The maximum atomic E-state index is 13.2. The first-order valence-electron chi connectivity index (χ1n) is 5.07. The molecule has 1 aromatic rings. The Hall–Kier alpha value is -1.49. The lowest BCUT2D eigenvalue weighted by Crippen LogP contribution is -2.06. The molecule has 0 amide bonds. The van der Waals surface area contributed by atoms with E-state index in [1.807, 2.05) is 0 Å². The van der Waals surface area contributed by atoms with Gasteiger partial charge in [0.1, 0.15) is 11.5 Å². The van der Waals surface area contributed by atoms with E-state index in [4.69, 9.17) is 9.84 Å². The van der Waals surface area contributed by atoms with Crippen molar-refractivity contribution in [1.82, 2.24) is 4.98 Å². The van der Waals surface area contributed by atoms with Gasteiger partial charge in [0.25, 0.3) is 0 Å². The summed E-state index contributed by atoms with van der Waals surface area (Å²) < 4.78 is 17.9. The number of carbonyl (C=O) groups is 1. The van der Waals surface area contributed by atoms with Crippen molar-refractivity contribution in [2.24, 2.45) is 0 Å². The smallest absolute Gasteiger partial charge is 0.306 e. The van der Waals surface area contributed by atoms with Gasteiger partial charge in [0, 0.05) is 12.6 Å². The van der Waals surface area contributed by atoms with Gasteiger partial charge in [0.05, 0.1) is 13.2 Å². The highest BCUT2D eigenvalue weighted by Gasteiger charge is 2.06. The van der Waals surface area contributed by atoms with Crippen molar-refractivity contribution < 1.29 is 19.0 Å². The van der Waals surface area contributed by atoms with Crippen LogP contribution in [0, 0.1) is 5.82 Å². The van der Waals surface area contributed by atoms with Crippen LogP contribution in [0.1, 0.15) is 24.6 Å². The summed E-state index contributed by atoms with van der Waals surface area (Å²) in [5.74, 6) is -0.863. The van der Waals surface area contributed by atoms with Crippen molar-refractivity contribution in [1.29, 1.82) is 0 Å². The van der Waals surface area contributed by atoms with Crippen LogP contribution in [0.3, 0.4) is 0 Å². The Bertz CT molecular complexity index is 368. The van der Waals surface area contributed by atoms with Gasteiger partial charge in [-0.15, -0.1) is 0 Å². The van der Waals surface area contributed by atoms with Gasteiger partial charge in [0.15, 0.2) is 0 Å². The number of aliphatic hydroxyl groups excluding tert-OH is 1. The van der Waals surface area contributed by atoms with Crippen LogP contribution >= 0.6 is 0 Å². The van der Waals surface area contributed by atoms with E-state index in [0.29, 0.717) is 18.6 Å². The molecule has 0 aliphatic carbocycles. The number of halogens is 1. The Kier molecular flexibility index (Phi) is 4.85. The molecule has 0 fully saturated rings. The molecule has 1 N–H and O–H groups in total. The first-order chi connectivity index (χ1) is 7.67. The minimum atomic E-state index is -0.552. The number of rotatable bonds is 5. The van der Waals surface area contributed by atoms with Crippen molar-refractivity contribution >= 4 is 5.97 Å². The zero-order valence-corrected chi connectivity index (χ0v) is 9.07. The lowest BCUT2D eigenvalue weighted by Gasteiger charge is -2.03. The zero-order chi connectivity index (χ0) is 12.0. The van der Waals surface area contributed by atoms with Gasteiger partial charge in [0.2, 0.25) is 0 Å². The summed E-state index contributed by atoms with van der Waals surface area (Å²) in [7, 11) is 0. The van der Waals surface area contributed by atoms with Crippen LogP contribution in [0.5, 0.6) is 0 Å². The molecule has 0 saturated heterocycles. The number of hydrogen-bond donors (Lipinski definition) is 1. The number of carbonyl (C=O) groups excluding carboxylic acids is 1. The molecule has 5 heteroatoms. The molecule has 88 valence electrons. The number of pyridine rings is 1. The fourth-order valence-corrected chi connectivity index (χ4v) is 1.24. The molecular weight excluding hydrogens is 213 g/mol. The summed E-state index contributed by atoms with van der Waals surface area (Å²) >= 11 is 0. The molecule has 0 aromatic carbocycles. The second kappa shape index (κ2) is 6.17. The highest BCUT2D eigenvalue weighted by molar-refractivity contribution is 5.69. The SMILES string of the molecule is CCOC(=O)CCc1cnc(CO)c(F)c1. The molecule has 4 nitrogen and oxygen atoms in total. The summed E-state index contributed by atoms with van der Waals surface area (Å²) in [5.41, 5.74) is 0.627. The van der Waals surface area contributed by atoms with E-state index in [1.165, 1.54) is 12.3 Å². The summed E-state index contributed by atoms with van der Waals surface area (Å²) in [6.07, 6.45) is 2.04. The average Bonchev–Trinajstić information content (AvgIpc) is 2.27. The van der Waals surface area contributed by atoms with E-state index < -0.39 is 12.4 Å². The largest absolute Gasteiger partial charge is 0.466 e. The Morgan fingerprint density at radius 2 is 2.38 bits per heavy atom. The van der Waals surface area contributed by atoms with Crippen molar-refractivity contribution in [3.63, 3.8) is 0 Å². The van der Waals surface area contributed by atoms with Crippen LogP contribution < -0.4 is 0 Å². The molecule has 0 atom stereocenters. The number of aliphatic hydroxyl groups is 1. The number of nitrogens with zero attached hydrogens (tertiary/aromatic N) is 1. The number of esters is 1. The molecule has 16 heavy (non-hydrogen) atoms. The van der Waals surface area contributed by atoms with Crippen LogP contribution in [0.4, 0.5) is 4.39 Å². The van der Waals surface area contributed by atoms with E-state index in [0.717, 1.165) is 0 Å². The van der Waals surface area contributed by atoms with Gasteiger partial charge in [-0.1, -0.05) is 0 Å². The zero-order valence-electron chi connectivity index (χ0n) is 9.07. The number of hydrogen-bond acceptors (Lipinski definition) is 4. The molecular formula is C11H14FNO3. The van der Waals surface area contributed by atoms with E-state index in [2.05, 4.69) is 4.98 Å². The monoisotopic (exact) mass is 227 g/mol. The van der Waals surface area contributed by atoms with Crippen LogP contribution in [-0.2, 0) is 22.6 Å². The molecule has 1 heterocycles. The highest BCUT2D eigenvalue weighted by atomic mass is 19.1. The lowest BCUT2D eigenvalue weighted by atomic mass is 10.1. The van der Waals surface area contributed by atoms with E-state index >= 15 is 0 Å². The normalized spacial score (nSPS) is 10.2. The lowest BCUT2D eigenvalue weighted by molar-refractivity contribution is -0.143. The number of aromatic nitrogens is 1. The average molecular weight is 227 g/mol. The Balaban J connectivity index is 2.55. The summed E-state index contributed by atoms with van der Waals surface area (Å²) in [6, 6.07) is 1.28. The van der Waals surface area contributed by atoms with E-state index in [1.54, 1.807) is 6.92 Å². The number of ether oxygens (including phenoxy) is 1. The summed E-state index contributed by atoms with van der Waals surface area (Å²) in [4.78, 5) is 14.8. The van der Waals surface area contributed by atoms with Crippen LogP contribution in [-0.4, -0.2) is 22.7 Å². The van der Waals surface area contributed by atoms with Crippen molar-refractivity contribution in [3.8, 4) is 0 Å². The molecule has 1 aromatic heterocycles. The van der Waals surface area contributed by atoms with Gasteiger partial charge in [-0.2, -0.15) is 0 Å². The fraction of sp³-hybridized carbons (Fsp3) is 0.455. The van der Waals surface area contributed by atoms with Crippen molar-refractivity contribution in [3.05, 3.63) is 29.3 Å². The third-order valence-corrected chi connectivity index (χ3v) is 2.05. The van der Waals surface area contributed by atoms with Crippen LogP contribution in [0.15, 0.2) is 12.3 Å². The third-order valence-electron chi connectivity index (χ3n) is 2.05. The standard InChI is InChI=1S/C11H14FNO3/c1-2-16-11(15)4-3-8-5-9(12)10(7-14)13-6-8/h5-6,14H,2-4,7H2,1H3. The summed E-state index contributed by atoms with van der Waals surface area (Å²) in [6.45, 7) is 1.65. The van der Waals surface area contributed by atoms with Gasteiger partial charge >= 0.3 is 5.97 Å². The molecule has 0 unspecified atom stereocenters. The second-order valence-corrected chi connectivity index (χ2v) is 3.24. The van der Waals surface area contributed by atoms with E-state index in [-0.39, 0.29) is 18.1 Å². The molecule has 0 aliphatic heterocycles. The Morgan fingerprint density at radius 3 is 2.94 bits per heavy atom. The van der Waals surface area contributed by atoms with Crippen LogP contribution in [0.25, 0.3) is 0 Å². The predicted octanol–water partition coefficient (Wildman–Crippen LogP) is 1.21. The van der Waals surface area contributed by atoms with Gasteiger partial charge < -0.3 is 9.84 Å². The highest BCUT2D eigenvalue weighted by Crippen LogP contribution is 2.09. The number of aryl methyl sites for hydroxylation is 1. The Morgan fingerprint density at radius 1 is 1.62 bits per heavy atom. The second-order valence-electron chi connectivity index (χ2n) is 3.24. The Labute approximate surface area is 93.1 Å². The molecule has 0 radical (unpaired) electrons. The molecule has 1 rings (SSSR count). The minimum Gasteiger partial charge on any atom is -0.466 e. The minimum absolute atomic E-state index is 0.0138. The predicted molar refractivity (Wildman–Crippen MR) is 55.1 cm³/mol. The maximum absolute atomic E-state index is 13.2. The molecule has 0 spiro atoms. The van der Waals surface area contributed by atoms with Gasteiger partial charge in [-0.3, -0.25) is 9.78 Å². The molecule has 0 bridgehead atoms. The van der Waals surface area contributed by atoms with Crippen LogP contribution in [0.2, 0.25) is 0 Å². The topological polar surface area (TPSA) is 59.4 Å². The molecule has 0 aliphatic rings. The quantitative estimate of drug-likeness (QED) is 0.768. The first-order valence-corrected chi connectivity index (χ1v) is 5.07.